The minimum atomic E-state index is 0.654. The number of pyridine rings is 2. The third-order valence-electron chi connectivity index (χ3n) is 5.50. The second-order valence-electron chi connectivity index (χ2n) is 7.43. The zero-order valence-electron chi connectivity index (χ0n) is 16.8. The summed E-state index contributed by atoms with van der Waals surface area (Å²) < 4.78 is 0. The summed E-state index contributed by atoms with van der Waals surface area (Å²) in [5.41, 5.74) is 8.65. The number of H-pyrrole nitrogens is 2. The highest BCUT2D eigenvalue weighted by Gasteiger charge is 2.17. The number of nitrogens with one attached hydrogen (secondary N) is 2. The van der Waals surface area contributed by atoms with Crippen LogP contribution < -0.4 is 0 Å². The Balaban J connectivity index is 1.50. The summed E-state index contributed by atoms with van der Waals surface area (Å²) in [6.45, 7) is 2.74. The number of hydrogen-bond donors (Lipinski definition) is 2. The van der Waals surface area contributed by atoms with Gasteiger partial charge in [-0.25, -0.2) is 4.98 Å². The highest BCUT2D eigenvalue weighted by molar-refractivity contribution is 7.13. The van der Waals surface area contributed by atoms with E-state index >= 15 is 0 Å². The molecular formula is C24H18N6S. The van der Waals surface area contributed by atoms with Gasteiger partial charge in [-0.1, -0.05) is 12.1 Å². The number of fused-ring (bicyclic) bond motifs is 2. The number of nitrogens with zero attached hydrogens (tertiary/aromatic N) is 4. The maximum atomic E-state index is 4.98. The molecule has 0 fully saturated rings. The molecule has 7 heteroatoms. The van der Waals surface area contributed by atoms with E-state index in [-0.39, 0.29) is 0 Å². The van der Waals surface area contributed by atoms with Crippen LogP contribution in [0.25, 0.3) is 49.5 Å². The second-order valence-corrected chi connectivity index (χ2v) is 8.38. The molecule has 0 bridgehead atoms. The van der Waals surface area contributed by atoms with E-state index in [1.807, 2.05) is 42.8 Å². The van der Waals surface area contributed by atoms with Crippen LogP contribution in [0.3, 0.4) is 0 Å². The highest BCUT2D eigenvalue weighted by Crippen LogP contribution is 2.34. The van der Waals surface area contributed by atoms with Gasteiger partial charge in [-0.2, -0.15) is 5.10 Å². The van der Waals surface area contributed by atoms with Crippen molar-refractivity contribution in [1.29, 1.82) is 0 Å². The molecule has 5 aromatic heterocycles. The van der Waals surface area contributed by atoms with Crippen LogP contribution in [0, 0.1) is 0 Å². The fourth-order valence-corrected chi connectivity index (χ4v) is 4.69. The van der Waals surface area contributed by atoms with Crippen molar-refractivity contribution in [2.75, 3.05) is 6.54 Å². The zero-order chi connectivity index (χ0) is 20.8. The lowest BCUT2D eigenvalue weighted by atomic mass is 10.0. The Hall–Kier alpha value is -3.84. The maximum absolute atomic E-state index is 4.98. The molecule has 6 nitrogen and oxygen atoms in total. The number of hydrogen-bond acceptors (Lipinski definition) is 5. The molecule has 2 N–H and O–H groups in total. The van der Waals surface area contributed by atoms with E-state index in [9.17, 15) is 0 Å². The third kappa shape index (κ3) is 3.02. The average Bonchev–Trinajstić information content (AvgIpc) is 3.51. The van der Waals surface area contributed by atoms with E-state index < -0.39 is 0 Å². The lowest BCUT2D eigenvalue weighted by molar-refractivity contribution is 1.12. The van der Waals surface area contributed by atoms with Gasteiger partial charge in [0.15, 0.2) is 0 Å². The van der Waals surface area contributed by atoms with Crippen molar-refractivity contribution in [1.82, 2.24) is 25.1 Å². The molecule has 0 aromatic carbocycles. The molecule has 150 valence electrons. The summed E-state index contributed by atoms with van der Waals surface area (Å²) in [4.78, 5) is 18.6. The van der Waals surface area contributed by atoms with Crippen molar-refractivity contribution in [2.24, 2.45) is 4.99 Å². The van der Waals surface area contributed by atoms with Crippen molar-refractivity contribution < 1.29 is 0 Å². The molecule has 0 saturated heterocycles. The summed E-state index contributed by atoms with van der Waals surface area (Å²) >= 11 is 1.69. The summed E-state index contributed by atoms with van der Waals surface area (Å²) in [5.74, 6) is 0. The minimum absolute atomic E-state index is 0.654. The first-order chi connectivity index (χ1) is 15.3. The zero-order valence-corrected chi connectivity index (χ0v) is 17.6. The lowest BCUT2D eigenvalue weighted by Gasteiger charge is -2.06. The van der Waals surface area contributed by atoms with Gasteiger partial charge in [0, 0.05) is 28.9 Å². The largest absolute Gasteiger partial charge is 0.353 e. The van der Waals surface area contributed by atoms with Crippen molar-refractivity contribution in [3.63, 3.8) is 0 Å². The van der Waals surface area contributed by atoms with Crippen molar-refractivity contribution >= 4 is 45.1 Å². The van der Waals surface area contributed by atoms with Gasteiger partial charge >= 0.3 is 0 Å². The third-order valence-corrected chi connectivity index (χ3v) is 6.37. The Labute approximate surface area is 182 Å². The molecular weight excluding hydrogens is 404 g/mol. The Bertz CT molecular complexity index is 1510. The smallest absolute Gasteiger partial charge is 0.135 e. The fourth-order valence-electron chi connectivity index (χ4n) is 3.95. The van der Waals surface area contributed by atoms with Gasteiger partial charge in [-0.15, -0.1) is 11.3 Å². The lowest BCUT2D eigenvalue weighted by Crippen LogP contribution is -1.92. The average molecular weight is 423 g/mol. The fraction of sp³-hybridized carbons (Fsp3) is 0.0833. The van der Waals surface area contributed by atoms with Gasteiger partial charge < -0.3 is 4.98 Å². The van der Waals surface area contributed by atoms with Crippen LogP contribution in [0.2, 0.25) is 0 Å². The highest BCUT2D eigenvalue weighted by atomic mass is 32.1. The molecule has 31 heavy (non-hydrogen) atoms. The number of aliphatic imine (C=N–C) groups is 1. The molecule has 0 amide bonds. The normalized spacial score (nSPS) is 14.1. The van der Waals surface area contributed by atoms with Crippen LogP contribution >= 0.6 is 11.3 Å². The van der Waals surface area contributed by atoms with E-state index in [2.05, 4.69) is 55.7 Å². The van der Waals surface area contributed by atoms with Crippen LogP contribution in [0.5, 0.6) is 0 Å². The van der Waals surface area contributed by atoms with Crippen molar-refractivity contribution in [3.8, 4) is 22.0 Å². The molecule has 6 rings (SSSR count). The number of allylic oxidation sites excluding steroid dienone is 3. The van der Waals surface area contributed by atoms with Gasteiger partial charge in [0.1, 0.15) is 11.2 Å². The molecule has 1 aliphatic heterocycles. The molecule has 0 radical (unpaired) electrons. The quantitative estimate of drug-likeness (QED) is 0.394. The van der Waals surface area contributed by atoms with Gasteiger partial charge in [0.25, 0.3) is 0 Å². The summed E-state index contributed by atoms with van der Waals surface area (Å²) in [7, 11) is 0. The first kappa shape index (κ1) is 18.0. The van der Waals surface area contributed by atoms with E-state index in [1.54, 1.807) is 11.3 Å². The summed E-state index contributed by atoms with van der Waals surface area (Å²) in [6, 6.07) is 12.3. The Morgan fingerprint density at radius 3 is 2.94 bits per heavy atom. The van der Waals surface area contributed by atoms with Gasteiger partial charge in [0.2, 0.25) is 0 Å². The summed E-state index contributed by atoms with van der Waals surface area (Å²) in [5, 5.41) is 10.9. The van der Waals surface area contributed by atoms with E-state index in [0.29, 0.717) is 6.54 Å². The molecule has 0 saturated carbocycles. The van der Waals surface area contributed by atoms with E-state index in [0.717, 1.165) is 60.7 Å². The molecule has 5 aromatic rings. The molecule has 0 spiro atoms. The number of aromatic nitrogens is 5. The van der Waals surface area contributed by atoms with Crippen LogP contribution in [0.15, 0.2) is 70.7 Å². The molecule has 6 heterocycles. The Morgan fingerprint density at radius 1 is 1.06 bits per heavy atom. The van der Waals surface area contributed by atoms with Gasteiger partial charge in [-0.05, 0) is 54.3 Å². The van der Waals surface area contributed by atoms with Crippen LogP contribution in [0.1, 0.15) is 12.6 Å². The van der Waals surface area contributed by atoms with Crippen molar-refractivity contribution in [3.05, 3.63) is 71.4 Å². The minimum Gasteiger partial charge on any atom is -0.353 e. The first-order valence-corrected chi connectivity index (χ1v) is 10.9. The predicted octanol–water partition coefficient (Wildman–Crippen LogP) is 5.64. The Kier molecular flexibility index (Phi) is 4.14. The van der Waals surface area contributed by atoms with Gasteiger partial charge in [-0.3, -0.25) is 15.1 Å². The standard InChI is InChI=1S/C24H18N6S/c1-14-6-9-25-10-7-15(14)17-4-5-19-23(28-17)24(30-29-19)20-13-16-18(27-20)8-11-26-22(16)21-3-2-12-31-21/h2-9,11-13,27H,10H2,1H3,(H,29,30). The SMILES string of the molecule is CC1=CC=NCC=C1c1ccc2[nH]nc(-c3cc4c(-c5cccs5)nccc4[nH]3)c2n1. The van der Waals surface area contributed by atoms with Crippen LogP contribution in [-0.4, -0.2) is 37.9 Å². The first-order valence-electron chi connectivity index (χ1n) is 10.0. The molecule has 0 unspecified atom stereocenters. The maximum Gasteiger partial charge on any atom is 0.135 e. The van der Waals surface area contributed by atoms with Crippen LogP contribution in [-0.2, 0) is 0 Å². The predicted molar refractivity (Wildman–Crippen MR) is 127 cm³/mol. The van der Waals surface area contributed by atoms with Crippen molar-refractivity contribution in [2.45, 2.75) is 6.92 Å². The van der Waals surface area contributed by atoms with E-state index in [1.165, 1.54) is 0 Å². The number of aromatic amines is 2. The topological polar surface area (TPSA) is 82.6 Å². The molecule has 0 atom stereocenters. The Morgan fingerprint density at radius 2 is 2.03 bits per heavy atom. The molecule has 1 aliphatic rings. The van der Waals surface area contributed by atoms with Crippen LogP contribution in [0.4, 0.5) is 0 Å². The van der Waals surface area contributed by atoms with Gasteiger partial charge in [0.05, 0.1) is 34.0 Å². The second kappa shape index (κ2) is 7.14. The monoisotopic (exact) mass is 422 g/mol. The summed E-state index contributed by atoms with van der Waals surface area (Å²) in [6.07, 6.45) is 7.83. The molecule has 0 aliphatic carbocycles. The van der Waals surface area contributed by atoms with E-state index in [4.69, 9.17) is 4.98 Å². The number of thiophene rings is 1. The number of rotatable bonds is 3.